The molecule has 2 unspecified atom stereocenters. The van der Waals surface area contributed by atoms with Gasteiger partial charge in [0.05, 0.1) is 0 Å². The molecule has 0 amide bonds. The molecular weight excluding hydrogens is 251 g/mol. The molecular formula is C15H28F3N. The van der Waals surface area contributed by atoms with E-state index in [1.807, 2.05) is 0 Å². The van der Waals surface area contributed by atoms with Gasteiger partial charge in [0.1, 0.15) is 0 Å². The highest BCUT2D eigenvalue weighted by Gasteiger charge is 2.25. The van der Waals surface area contributed by atoms with Crippen LogP contribution in [-0.2, 0) is 0 Å². The van der Waals surface area contributed by atoms with Crippen LogP contribution >= 0.6 is 0 Å². The largest absolute Gasteiger partial charge is 0.389 e. The van der Waals surface area contributed by atoms with E-state index in [4.69, 9.17) is 0 Å². The Hall–Kier alpha value is -0.250. The highest BCUT2D eigenvalue weighted by atomic mass is 19.4. The summed E-state index contributed by atoms with van der Waals surface area (Å²) < 4.78 is 36.0. The van der Waals surface area contributed by atoms with Crippen molar-refractivity contribution in [2.45, 2.75) is 83.4 Å². The number of unbranched alkanes of at least 4 members (excludes halogenated alkanes) is 1. The minimum Gasteiger partial charge on any atom is -0.314 e. The molecule has 19 heavy (non-hydrogen) atoms. The van der Waals surface area contributed by atoms with E-state index in [2.05, 4.69) is 12.2 Å². The van der Waals surface area contributed by atoms with Gasteiger partial charge in [-0.3, -0.25) is 0 Å². The van der Waals surface area contributed by atoms with Crippen LogP contribution in [0.1, 0.15) is 71.1 Å². The number of hydrogen-bond donors (Lipinski definition) is 1. The van der Waals surface area contributed by atoms with Crippen molar-refractivity contribution in [3.8, 4) is 0 Å². The normalized spacial score (nSPS) is 25.3. The lowest BCUT2D eigenvalue weighted by Gasteiger charge is -2.17. The number of rotatable bonds is 7. The van der Waals surface area contributed by atoms with Gasteiger partial charge in [-0.1, -0.05) is 32.6 Å². The van der Waals surface area contributed by atoms with Gasteiger partial charge >= 0.3 is 6.18 Å². The smallest absolute Gasteiger partial charge is 0.314 e. The first kappa shape index (κ1) is 16.8. The topological polar surface area (TPSA) is 12.0 Å². The molecule has 0 bridgehead atoms. The maximum atomic E-state index is 12.0. The molecule has 114 valence electrons. The van der Waals surface area contributed by atoms with Gasteiger partial charge in [0.25, 0.3) is 0 Å². The number of alkyl halides is 3. The number of hydrogen-bond acceptors (Lipinski definition) is 1. The Balaban J connectivity index is 2.06. The van der Waals surface area contributed by atoms with E-state index in [9.17, 15) is 13.2 Å². The monoisotopic (exact) mass is 279 g/mol. The van der Waals surface area contributed by atoms with E-state index in [0.29, 0.717) is 12.5 Å². The summed E-state index contributed by atoms with van der Waals surface area (Å²) in [5.41, 5.74) is 0. The lowest BCUT2D eigenvalue weighted by Crippen LogP contribution is -2.29. The number of halogens is 3. The van der Waals surface area contributed by atoms with Gasteiger partial charge < -0.3 is 5.32 Å². The predicted octanol–water partition coefficient (Wildman–Crippen LogP) is 5.06. The summed E-state index contributed by atoms with van der Waals surface area (Å²) in [7, 11) is 0. The molecule has 2 atom stereocenters. The Kier molecular flexibility index (Phi) is 7.81. The van der Waals surface area contributed by atoms with Crippen molar-refractivity contribution in [2.75, 3.05) is 6.54 Å². The van der Waals surface area contributed by atoms with Gasteiger partial charge in [-0.25, -0.2) is 0 Å². The Labute approximate surface area is 115 Å². The van der Waals surface area contributed by atoms with Crippen molar-refractivity contribution in [2.24, 2.45) is 5.92 Å². The van der Waals surface area contributed by atoms with Crippen LogP contribution in [0.15, 0.2) is 0 Å². The van der Waals surface area contributed by atoms with Crippen molar-refractivity contribution in [3.63, 3.8) is 0 Å². The third kappa shape index (κ3) is 8.51. The quantitative estimate of drug-likeness (QED) is 0.507. The molecule has 0 aromatic heterocycles. The van der Waals surface area contributed by atoms with Crippen molar-refractivity contribution in [1.82, 2.24) is 5.32 Å². The van der Waals surface area contributed by atoms with Gasteiger partial charge in [0.15, 0.2) is 0 Å². The molecule has 1 rings (SSSR count). The first-order valence-corrected chi connectivity index (χ1v) is 7.81. The average molecular weight is 279 g/mol. The second-order valence-corrected chi connectivity index (χ2v) is 5.89. The summed E-state index contributed by atoms with van der Waals surface area (Å²) in [5, 5.41) is 3.44. The minimum atomic E-state index is -3.99. The second kappa shape index (κ2) is 8.83. The highest BCUT2D eigenvalue weighted by Crippen LogP contribution is 2.27. The second-order valence-electron chi connectivity index (χ2n) is 5.89. The van der Waals surface area contributed by atoms with E-state index in [0.717, 1.165) is 12.5 Å². The van der Waals surface area contributed by atoms with E-state index in [1.54, 1.807) is 0 Å². The maximum Gasteiger partial charge on any atom is 0.389 e. The Bertz CT molecular complexity index is 228. The van der Waals surface area contributed by atoms with Crippen LogP contribution in [0.2, 0.25) is 0 Å². The van der Waals surface area contributed by atoms with E-state index in [-0.39, 0.29) is 6.42 Å². The van der Waals surface area contributed by atoms with Crippen LogP contribution in [0.4, 0.5) is 13.2 Å². The van der Waals surface area contributed by atoms with Crippen LogP contribution in [0.5, 0.6) is 0 Å². The van der Waals surface area contributed by atoms with E-state index < -0.39 is 12.6 Å². The standard InChI is InChI=1S/C15H28F3N/c1-2-6-13-7-5-8-14(10-9-13)19-12-4-3-11-15(16,17)18/h13-14,19H,2-12H2,1H3. The SMILES string of the molecule is CCCC1CCCC(NCCCCC(F)(F)F)CC1. The van der Waals surface area contributed by atoms with Crippen LogP contribution in [0.3, 0.4) is 0 Å². The van der Waals surface area contributed by atoms with Gasteiger partial charge in [-0.15, -0.1) is 0 Å². The van der Waals surface area contributed by atoms with Gasteiger partial charge in [0, 0.05) is 12.5 Å². The third-order valence-corrected chi connectivity index (χ3v) is 4.11. The van der Waals surface area contributed by atoms with Crippen LogP contribution in [-0.4, -0.2) is 18.8 Å². The zero-order valence-electron chi connectivity index (χ0n) is 12.1. The molecule has 1 N–H and O–H groups in total. The summed E-state index contributed by atoms with van der Waals surface area (Å²) >= 11 is 0. The van der Waals surface area contributed by atoms with E-state index >= 15 is 0 Å². The Morgan fingerprint density at radius 3 is 2.53 bits per heavy atom. The van der Waals surface area contributed by atoms with Crippen molar-refractivity contribution in [1.29, 1.82) is 0 Å². The van der Waals surface area contributed by atoms with Gasteiger partial charge in [-0.05, 0) is 44.6 Å². The highest BCUT2D eigenvalue weighted by molar-refractivity contribution is 4.74. The molecule has 0 aromatic carbocycles. The molecule has 1 fully saturated rings. The molecule has 1 nitrogen and oxygen atoms in total. The molecule has 1 saturated carbocycles. The molecule has 1 aliphatic carbocycles. The summed E-state index contributed by atoms with van der Waals surface area (Å²) in [6, 6.07) is 0.535. The van der Waals surface area contributed by atoms with Crippen molar-refractivity contribution in [3.05, 3.63) is 0 Å². The summed E-state index contributed by atoms with van der Waals surface area (Å²) in [6.45, 7) is 2.97. The summed E-state index contributed by atoms with van der Waals surface area (Å²) in [5.74, 6) is 0.877. The molecule has 0 saturated heterocycles. The van der Waals surface area contributed by atoms with Gasteiger partial charge in [0.2, 0.25) is 0 Å². The predicted molar refractivity (Wildman–Crippen MR) is 73.2 cm³/mol. The van der Waals surface area contributed by atoms with Crippen LogP contribution in [0, 0.1) is 5.92 Å². The molecule has 1 aliphatic rings. The Morgan fingerprint density at radius 2 is 1.84 bits per heavy atom. The fourth-order valence-corrected chi connectivity index (χ4v) is 3.04. The van der Waals surface area contributed by atoms with Gasteiger partial charge in [-0.2, -0.15) is 13.2 Å². The molecule has 0 aliphatic heterocycles. The van der Waals surface area contributed by atoms with Crippen molar-refractivity contribution >= 4 is 0 Å². The molecule has 0 spiro atoms. The van der Waals surface area contributed by atoms with E-state index in [1.165, 1.54) is 44.9 Å². The van der Waals surface area contributed by atoms with Crippen LogP contribution < -0.4 is 5.32 Å². The fraction of sp³-hybridized carbons (Fsp3) is 1.00. The van der Waals surface area contributed by atoms with Crippen molar-refractivity contribution < 1.29 is 13.2 Å². The zero-order valence-corrected chi connectivity index (χ0v) is 12.1. The molecule has 0 aromatic rings. The molecule has 0 heterocycles. The lowest BCUT2D eigenvalue weighted by molar-refractivity contribution is -0.135. The maximum absolute atomic E-state index is 12.0. The lowest BCUT2D eigenvalue weighted by atomic mass is 9.95. The average Bonchev–Trinajstić information content (AvgIpc) is 2.54. The third-order valence-electron chi connectivity index (χ3n) is 4.11. The fourth-order valence-electron chi connectivity index (χ4n) is 3.04. The first-order valence-electron chi connectivity index (χ1n) is 7.81. The first-order chi connectivity index (χ1) is 9.01. The Morgan fingerprint density at radius 1 is 1.05 bits per heavy atom. The summed E-state index contributed by atoms with van der Waals surface area (Å²) in [4.78, 5) is 0. The summed E-state index contributed by atoms with van der Waals surface area (Å²) in [6.07, 6.45) is 5.13. The van der Waals surface area contributed by atoms with Crippen LogP contribution in [0.25, 0.3) is 0 Å². The number of nitrogens with one attached hydrogen (secondary N) is 1. The molecule has 0 radical (unpaired) electrons. The minimum absolute atomic E-state index is 0.252. The zero-order chi connectivity index (χ0) is 14.1. The molecule has 4 heteroatoms.